The number of rotatable bonds is 6. The molecule has 1 fully saturated rings. The van der Waals surface area contributed by atoms with Crippen molar-refractivity contribution in [3.05, 3.63) is 76.4 Å². The largest absolute Gasteiger partial charge is 0.456 e. The minimum atomic E-state index is -0.0737. The molecule has 1 aliphatic rings. The van der Waals surface area contributed by atoms with E-state index in [1.54, 1.807) is 12.3 Å². The van der Waals surface area contributed by atoms with E-state index in [-0.39, 0.29) is 12.6 Å². The lowest BCUT2D eigenvalue weighted by Crippen LogP contribution is -2.27. The van der Waals surface area contributed by atoms with E-state index in [0.717, 1.165) is 30.8 Å². The zero-order valence-corrected chi connectivity index (χ0v) is 17.2. The average molecular weight is 430 g/mol. The molecule has 3 aromatic rings. The maximum atomic E-state index is 9.91. The number of hydrogen-bond acceptors (Lipinski definition) is 5. The third-order valence-corrected chi connectivity index (χ3v) is 5.53. The monoisotopic (exact) mass is 429 g/mol. The molecular formula is C22H21Cl2N3O2. The van der Waals surface area contributed by atoms with Crippen LogP contribution in [0.2, 0.25) is 10.0 Å². The number of halogens is 2. The van der Waals surface area contributed by atoms with Crippen LogP contribution in [0.25, 0.3) is 0 Å². The number of hydrogen-bond donors (Lipinski definition) is 2. The summed E-state index contributed by atoms with van der Waals surface area (Å²) >= 11 is 12.4. The van der Waals surface area contributed by atoms with E-state index in [4.69, 9.17) is 27.9 Å². The van der Waals surface area contributed by atoms with Gasteiger partial charge in [-0.25, -0.2) is 4.98 Å². The van der Waals surface area contributed by atoms with Gasteiger partial charge in [-0.3, -0.25) is 0 Å². The van der Waals surface area contributed by atoms with Crippen LogP contribution in [0.15, 0.2) is 60.8 Å². The normalized spacial score (nSPS) is 16.1. The molecule has 7 heteroatoms. The summed E-state index contributed by atoms with van der Waals surface area (Å²) in [4.78, 5) is 6.55. The van der Waals surface area contributed by atoms with Gasteiger partial charge in [-0.2, -0.15) is 0 Å². The zero-order valence-electron chi connectivity index (χ0n) is 15.7. The molecular weight excluding hydrogens is 409 g/mol. The molecule has 5 nitrogen and oxygen atoms in total. The predicted octanol–water partition coefficient (Wildman–Crippen LogP) is 5.36. The number of pyridine rings is 1. The van der Waals surface area contributed by atoms with Crippen LogP contribution in [0.1, 0.15) is 12.0 Å². The van der Waals surface area contributed by atoms with Gasteiger partial charge in [0, 0.05) is 36.6 Å². The maximum absolute atomic E-state index is 9.91. The number of para-hydroxylation sites is 1. The molecule has 0 amide bonds. The van der Waals surface area contributed by atoms with E-state index in [1.807, 2.05) is 48.5 Å². The second-order valence-corrected chi connectivity index (χ2v) is 7.71. The highest BCUT2D eigenvalue weighted by Gasteiger charge is 2.25. The van der Waals surface area contributed by atoms with Crippen LogP contribution in [-0.2, 0) is 6.61 Å². The van der Waals surface area contributed by atoms with Gasteiger partial charge in [-0.05, 0) is 48.9 Å². The lowest BCUT2D eigenvalue weighted by atomic mass is 10.1. The number of aliphatic hydroxyl groups is 1. The first-order valence-corrected chi connectivity index (χ1v) is 10.2. The Kier molecular flexibility index (Phi) is 6.09. The van der Waals surface area contributed by atoms with Gasteiger partial charge in [0.1, 0.15) is 17.3 Å². The molecule has 2 heterocycles. The highest BCUT2D eigenvalue weighted by Crippen LogP contribution is 2.33. The van der Waals surface area contributed by atoms with Crippen molar-refractivity contribution >= 4 is 34.7 Å². The van der Waals surface area contributed by atoms with E-state index >= 15 is 0 Å². The van der Waals surface area contributed by atoms with E-state index in [0.29, 0.717) is 27.4 Å². The summed E-state index contributed by atoms with van der Waals surface area (Å²) in [6, 6.07) is 16.9. The number of nitrogens with one attached hydrogen (secondary N) is 1. The van der Waals surface area contributed by atoms with Crippen molar-refractivity contribution in [1.29, 1.82) is 0 Å². The average Bonchev–Trinajstić information content (AvgIpc) is 3.19. The van der Waals surface area contributed by atoms with Gasteiger partial charge >= 0.3 is 0 Å². The number of anilines is 2. The Balaban J connectivity index is 1.47. The van der Waals surface area contributed by atoms with Crippen LogP contribution in [0.5, 0.6) is 11.5 Å². The van der Waals surface area contributed by atoms with Crippen molar-refractivity contribution in [1.82, 2.24) is 4.98 Å². The Bertz CT molecular complexity index is 999. The fourth-order valence-electron chi connectivity index (χ4n) is 3.50. The molecule has 29 heavy (non-hydrogen) atoms. The second kappa shape index (κ2) is 8.91. The predicted molar refractivity (Wildman–Crippen MR) is 117 cm³/mol. The summed E-state index contributed by atoms with van der Waals surface area (Å²) in [5, 5.41) is 14.5. The summed E-state index contributed by atoms with van der Waals surface area (Å²) in [6.07, 6.45) is 2.68. The smallest absolute Gasteiger partial charge is 0.146 e. The van der Waals surface area contributed by atoms with Crippen LogP contribution < -0.4 is 15.0 Å². The van der Waals surface area contributed by atoms with E-state index in [2.05, 4.69) is 15.2 Å². The minimum absolute atomic E-state index is 0.0737. The van der Waals surface area contributed by atoms with E-state index in [1.165, 1.54) is 0 Å². The number of aromatic nitrogens is 1. The molecule has 0 spiro atoms. The molecule has 0 saturated carbocycles. The molecule has 1 aliphatic heterocycles. The first-order valence-electron chi connectivity index (χ1n) is 9.42. The van der Waals surface area contributed by atoms with Crippen molar-refractivity contribution in [2.24, 2.45) is 0 Å². The second-order valence-electron chi connectivity index (χ2n) is 6.89. The zero-order chi connectivity index (χ0) is 20.2. The van der Waals surface area contributed by atoms with Crippen LogP contribution in [-0.4, -0.2) is 29.2 Å². The number of aliphatic hydroxyl groups excluding tert-OH is 1. The van der Waals surface area contributed by atoms with Gasteiger partial charge in [0.15, 0.2) is 0 Å². The fraction of sp³-hybridized carbons (Fsp3) is 0.227. The lowest BCUT2D eigenvalue weighted by Gasteiger charge is -2.22. The Morgan fingerprint density at radius 1 is 1.10 bits per heavy atom. The molecule has 1 saturated heterocycles. The van der Waals surface area contributed by atoms with Crippen LogP contribution in [0.4, 0.5) is 11.5 Å². The van der Waals surface area contributed by atoms with E-state index in [9.17, 15) is 5.11 Å². The van der Waals surface area contributed by atoms with Crippen molar-refractivity contribution in [3.8, 4) is 11.5 Å². The van der Waals surface area contributed by atoms with Gasteiger partial charge in [0.05, 0.1) is 16.7 Å². The third kappa shape index (κ3) is 4.58. The van der Waals surface area contributed by atoms with E-state index < -0.39 is 0 Å². The maximum Gasteiger partial charge on any atom is 0.146 e. The molecule has 2 N–H and O–H groups in total. The molecule has 1 atom stereocenters. The Morgan fingerprint density at radius 3 is 2.72 bits per heavy atom. The molecule has 0 aliphatic carbocycles. The van der Waals surface area contributed by atoms with Crippen LogP contribution in [0.3, 0.4) is 0 Å². The summed E-state index contributed by atoms with van der Waals surface area (Å²) in [5.41, 5.74) is 1.81. The summed E-state index contributed by atoms with van der Waals surface area (Å²) < 4.78 is 5.89. The minimum Gasteiger partial charge on any atom is -0.456 e. The first-order chi connectivity index (χ1) is 14.1. The van der Waals surface area contributed by atoms with Crippen molar-refractivity contribution < 1.29 is 9.84 Å². The van der Waals surface area contributed by atoms with Gasteiger partial charge < -0.3 is 20.1 Å². The molecule has 1 aromatic heterocycles. The van der Waals surface area contributed by atoms with Crippen molar-refractivity contribution in [2.75, 3.05) is 23.3 Å². The van der Waals surface area contributed by atoms with Gasteiger partial charge in [0.25, 0.3) is 0 Å². The molecule has 150 valence electrons. The number of benzene rings is 2. The topological polar surface area (TPSA) is 57.6 Å². The molecule has 2 aromatic carbocycles. The first kappa shape index (κ1) is 19.8. The molecule has 4 rings (SSSR count). The van der Waals surface area contributed by atoms with Gasteiger partial charge in [-0.15, -0.1) is 0 Å². The number of ether oxygens (including phenoxy) is 1. The van der Waals surface area contributed by atoms with Crippen LogP contribution in [0, 0.1) is 0 Å². The fourth-order valence-corrected chi connectivity index (χ4v) is 3.85. The van der Waals surface area contributed by atoms with Crippen LogP contribution >= 0.6 is 23.2 Å². The Hall–Kier alpha value is -2.47. The van der Waals surface area contributed by atoms with Crippen molar-refractivity contribution in [2.45, 2.75) is 19.1 Å². The third-order valence-electron chi connectivity index (χ3n) is 4.91. The summed E-state index contributed by atoms with van der Waals surface area (Å²) in [7, 11) is 0. The Morgan fingerprint density at radius 2 is 1.93 bits per heavy atom. The van der Waals surface area contributed by atoms with Gasteiger partial charge in [0.2, 0.25) is 0 Å². The molecule has 0 bridgehead atoms. The van der Waals surface area contributed by atoms with Crippen molar-refractivity contribution in [3.63, 3.8) is 0 Å². The SMILES string of the molecule is OCc1cc(Oc2ccccc2Cl)ccc1N1CC[C@H](Nc2ncccc2Cl)C1. The molecule has 0 radical (unpaired) electrons. The molecule has 0 unspecified atom stereocenters. The quantitative estimate of drug-likeness (QED) is 0.551. The lowest BCUT2D eigenvalue weighted by molar-refractivity contribution is 0.281. The van der Waals surface area contributed by atoms with Gasteiger partial charge in [-0.1, -0.05) is 35.3 Å². The Labute approximate surface area is 179 Å². The summed E-state index contributed by atoms with van der Waals surface area (Å²) in [6.45, 7) is 1.60. The highest BCUT2D eigenvalue weighted by molar-refractivity contribution is 6.33. The standard InChI is InChI=1S/C22H21Cl2N3O2/c23-18-4-1-2-6-21(18)29-17-7-8-20(15(12-17)14-28)27-11-9-16(13-27)26-22-19(24)5-3-10-25-22/h1-8,10,12,16,28H,9,11,13-14H2,(H,25,26)/t16-/m0/s1. The highest BCUT2D eigenvalue weighted by atomic mass is 35.5. The summed E-state index contributed by atoms with van der Waals surface area (Å²) in [5.74, 6) is 1.93. The number of nitrogens with zero attached hydrogens (tertiary/aromatic N) is 2.